The van der Waals surface area contributed by atoms with E-state index in [1.807, 2.05) is 24.3 Å². The lowest BCUT2D eigenvalue weighted by atomic mass is 9.98. The van der Waals surface area contributed by atoms with Gasteiger partial charge in [0, 0.05) is 102 Å². The van der Waals surface area contributed by atoms with Crippen LogP contribution in [-0.2, 0) is 39.9 Å². The number of β-amino-alcohol motifs (C(OH)–C–C–N with tert-alkyl or cyclic N) is 1. The fourth-order valence-corrected chi connectivity index (χ4v) is 11.6. The number of benzene rings is 3. The number of methoxy groups -OCH3 is 1. The number of carbonyl (C=O) groups is 7. The van der Waals surface area contributed by atoms with E-state index in [2.05, 4.69) is 36.4 Å². The summed E-state index contributed by atoms with van der Waals surface area (Å²) in [5.74, 6) is -8.55. The van der Waals surface area contributed by atoms with Crippen LogP contribution in [-0.4, -0.2) is 238 Å². The van der Waals surface area contributed by atoms with Crippen LogP contribution in [0.4, 0.5) is 11.4 Å². The highest BCUT2D eigenvalue weighted by Crippen LogP contribution is 2.29. The quantitative estimate of drug-likeness (QED) is 0.0466. The maximum absolute atomic E-state index is 14.6. The van der Waals surface area contributed by atoms with Gasteiger partial charge < -0.3 is 102 Å². The van der Waals surface area contributed by atoms with Crippen molar-refractivity contribution < 1.29 is 83.9 Å². The van der Waals surface area contributed by atoms with Gasteiger partial charge in [-0.2, -0.15) is 0 Å². The zero-order valence-corrected chi connectivity index (χ0v) is 53.8. The summed E-state index contributed by atoms with van der Waals surface area (Å²) in [7, 11) is 1.72. The van der Waals surface area contributed by atoms with E-state index in [9.17, 15) is 74.4 Å². The van der Waals surface area contributed by atoms with Crippen LogP contribution in [0.3, 0.4) is 0 Å². The lowest BCUT2D eigenvalue weighted by Gasteiger charge is -2.37. The minimum atomic E-state index is -2.05. The summed E-state index contributed by atoms with van der Waals surface area (Å²) in [6, 6.07) is 7.26. The highest BCUT2D eigenvalue weighted by Gasteiger charge is 2.50. The summed E-state index contributed by atoms with van der Waals surface area (Å²) in [5, 5.41) is 101. The number of amides is 7. The molecule has 0 aliphatic carbocycles. The van der Waals surface area contributed by atoms with Crippen molar-refractivity contribution in [3.8, 4) is 17.2 Å². The number of ether oxygens (including phenoxy) is 2. The van der Waals surface area contributed by atoms with E-state index in [4.69, 9.17) is 15.2 Å². The summed E-state index contributed by atoms with van der Waals surface area (Å²) in [6.45, 7) is 5.23. The predicted molar refractivity (Wildman–Crippen MR) is 342 cm³/mol. The summed E-state index contributed by atoms with van der Waals surface area (Å²) in [6.07, 6.45) is -5.13. The van der Waals surface area contributed by atoms with Crippen molar-refractivity contribution in [3.05, 3.63) is 77.9 Å². The number of aliphatic hydroxyl groups is 6. The third-order valence-corrected chi connectivity index (χ3v) is 16.7. The molecule has 4 aliphatic rings. The molecule has 91 heavy (non-hydrogen) atoms. The Labute approximate surface area is 548 Å². The molecule has 4 fully saturated rings. The zero-order chi connectivity index (χ0) is 63.8. The Morgan fingerprint density at radius 1 is 0.659 bits per heavy atom. The summed E-state index contributed by atoms with van der Waals surface area (Å²) < 4.78 is 11.1. The molecule has 3 aromatic rings. The molecule has 0 aromatic heterocycles. The average molecular weight is 1340 g/mol. The van der Waals surface area contributed by atoms with Crippen LogP contribution in [0.25, 0.3) is 0 Å². The van der Waals surface area contributed by atoms with Gasteiger partial charge in [0.1, 0.15) is 42.0 Å². The van der Waals surface area contributed by atoms with E-state index in [1.54, 1.807) is 31.4 Å². The van der Waals surface area contributed by atoms with Gasteiger partial charge >= 0.3 is 0 Å². The van der Waals surface area contributed by atoms with Gasteiger partial charge in [-0.15, -0.1) is 37.2 Å². The first-order valence-corrected chi connectivity index (χ1v) is 30.3. The van der Waals surface area contributed by atoms with E-state index in [-0.39, 0.29) is 67.9 Å². The molecule has 3 aromatic carbocycles. The smallest absolute Gasteiger partial charge is 0.251 e. The molecule has 7 rings (SSSR count). The Kier molecular flexibility index (Phi) is 31.0. The summed E-state index contributed by atoms with van der Waals surface area (Å²) in [5.41, 5.74) is 7.90. The molecule has 4 saturated heterocycles. The fraction of sp³-hybridized carbons (Fsp3) is 0.590. The maximum Gasteiger partial charge on any atom is 0.251 e. The van der Waals surface area contributed by atoms with Crippen molar-refractivity contribution in [2.45, 2.75) is 151 Å². The van der Waals surface area contributed by atoms with E-state index < -0.39 is 164 Å². The average Bonchev–Trinajstić information content (AvgIpc) is 2.40. The first-order valence-electron chi connectivity index (χ1n) is 30.3. The van der Waals surface area contributed by atoms with Crippen molar-refractivity contribution in [1.29, 1.82) is 0 Å². The number of anilines is 2. The van der Waals surface area contributed by atoms with E-state index in [0.717, 1.165) is 71.8 Å². The lowest BCUT2D eigenvalue weighted by Crippen LogP contribution is -2.64. The van der Waals surface area contributed by atoms with Gasteiger partial charge in [0.2, 0.25) is 35.4 Å². The molecular formula is C61H91Cl3N10O17. The molecule has 0 bridgehead atoms. The number of fused-ring (bicyclic) bond motifs is 2. The number of nitrogens with zero attached hydrogens (tertiary/aromatic N) is 4. The topological polar surface area (TPSA) is 399 Å². The van der Waals surface area contributed by atoms with Crippen LogP contribution in [0.2, 0.25) is 0 Å². The van der Waals surface area contributed by atoms with Crippen LogP contribution >= 0.6 is 37.2 Å². The Morgan fingerprint density at radius 3 is 1.82 bits per heavy atom. The molecule has 0 spiro atoms. The number of nitrogens with two attached hydrogens (primary N) is 1. The molecule has 7 amide bonds. The monoisotopic (exact) mass is 1340 g/mol. The molecule has 0 radical (unpaired) electrons. The number of phenols is 2. The normalized spacial score (nSPS) is 25.5. The van der Waals surface area contributed by atoms with Crippen LogP contribution in [0.5, 0.6) is 17.2 Å². The Bertz CT molecular complexity index is 2850. The van der Waals surface area contributed by atoms with Gasteiger partial charge in [-0.3, -0.25) is 33.6 Å². The summed E-state index contributed by atoms with van der Waals surface area (Å²) in [4.78, 5) is 107. The van der Waals surface area contributed by atoms with Gasteiger partial charge in [-0.25, -0.2) is 0 Å². The van der Waals surface area contributed by atoms with E-state index >= 15 is 0 Å². The maximum atomic E-state index is 14.6. The molecule has 13 atom stereocenters. The number of piperazine rings is 1. The second kappa shape index (κ2) is 36.7. The standard InChI is InChI=1S/C61H88N10O17.3ClH/c1-35-33-71-53(54(35)79)59(84)63-32-41(73)30-44(64-55(80)38-11-13-39(14-12-38)68-22-24-69(25-23-68)40-15-17-43(18-16-40)88-27-9-7-5-4-6-8-26-87-3)56(81)65-50(36(2)72)60(85)70-34-42(74)31-45(70)57(82)66-51(49(78)29-37-10-19-46(75)48(77)28-37)58(83)67-52(61(71)86)47(76)20-21-62;;;/h10-19,28,35-36,41-42,44-45,47,49-54,72-79H,4-9,20-27,29-34,62H2,1-3H3,(H,63,84)(H,64,80)(H,65,81)(H,66,82)(H,67,83);3*1H/t35-,36+,41+,42+,44+,45+,47-,49-,50+,51+,52+,53+,54+;;;/m1.../s1. The number of hydrogen-bond acceptors (Lipinski definition) is 20. The second-order valence-electron chi connectivity index (χ2n) is 23.4. The fourth-order valence-electron chi connectivity index (χ4n) is 11.6. The van der Waals surface area contributed by atoms with E-state index in [1.165, 1.54) is 32.3 Å². The van der Waals surface area contributed by atoms with Crippen molar-refractivity contribution in [2.24, 2.45) is 11.7 Å². The zero-order valence-electron chi connectivity index (χ0n) is 51.3. The molecular weight excluding hydrogens is 1250 g/mol. The predicted octanol–water partition coefficient (Wildman–Crippen LogP) is -0.647. The van der Waals surface area contributed by atoms with Crippen molar-refractivity contribution in [3.63, 3.8) is 0 Å². The summed E-state index contributed by atoms with van der Waals surface area (Å²) >= 11 is 0. The molecule has 4 heterocycles. The Balaban J connectivity index is 0.00000589. The minimum absolute atomic E-state index is 0. The number of nitrogens with one attached hydrogen (secondary N) is 5. The molecule has 0 saturated carbocycles. The van der Waals surface area contributed by atoms with Crippen LogP contribution in [0.1, 0.15) is 87.6 Å². The van der Waals surface area contributed by atoms with Gasteiger partial charge in [-0.05, 0) is 99.0 Å². The SMILES string of the molecule is COCCCCCCCCOc1ccc(N2CCN(c3ccc(C(=O)N[C@H]4C[C@H](O)CNC(=O)[C@@H]5[C@@H](O)[C@H](C)CN5C(=O)[C@H]([C@H](O)CCN)NC(=O)[C@H]([C@H](O)Cc5ccc(O)c(O)c5)NC(=O)[C@@H]5C[C@H](O)CN5C(=O)[C@H]([C@H](C)O)NC4=O)cc3)CC2)cc1.Cl.Cl.Cl. The highest BCUT2D eigenvalue weighted by molar-refractivity contribution is 6.00. The van der Waals surface area contributed by atoms with Crippen LogP contribution < -0.4 is 46.9 Å². The van der Waals surface area contributed by atoms with Crippen molar-refractivity contribution >= 4 is 89.9 Å². The van der Waals surface area contributed by atoms with Gasteiger partial charge in [0.25, 0.3) is 5.91 Å². The number of carbonyl (C=O) groups excluding carboxylic acids is 7. The van der Waals surface area contributed by atoms with Gasteiger partial charge in [0.05, 0.1) is 43.2 Å². The lowest BCUT2D eigenvalue weighted by molar-refractivity contribution is -0.147. The molecule has 15 N–H and O–H groups in total. The third kappa shape index (κ3) is 20.7. The number of hydrogen-bond donors (Lipinski definition) is 14. The molecule has 0 unspecified atom stereocenters. The van der Waals surface area contributed by atoms with Gasteiger partial charge in [0.15, 0.2) is 11.5 Å². The van der Waals surface area contributed by atoms with Crippen molar-refractivity contribution in [1.82, 2.24) is 36.4 Å². The number of halogens is 3. The molecule has 508 valence electrons. The molecule has 30 heteroatoms. The number of rotatable bonds is 21. The highest BCUT2D eigenvalue weighted by atomic mass is 35.5. The molecule has 27 nitrogen and oxygen atoms in total. The second-order valence-corrected chi connectivity index (χ2v) is 23.4. The first-order chi connectivity index (χ1) is 42.1. The number of unbranched alkanes of at least 4 members (excludes halogenated alkanes) is 5. The molecule has 4 aliphatic heterocycles. The van der Waals surface area contributed by atoms with Gasteiger partial charge in [-0.1, -0.05) is 38.7 Å². The number of aromatic hydroxyl groups is 2. The van der Waals surface area contributed by atoms with Crippen LogP contribution in [0, 0.1) is 5.92 Å². The minimum Gasteiger partial charge on any atom is -0.504 e. The first kappa shape index (κ1) is 77.0. The Hall–Kier alpha value is -6.50. The number of phenolic OH excluding ortho intramolecular Hbond substituents is 2. The van der Waals surface area contributed by atoms with E-state index in [0.29, 0.717) is 32.8 Å². The van der Waals surface area contributed by atoms with Crippen molar-refractivity contribution in [2.75, 3.05) is 82.5 Å². The largest absolute Gasteiger partial charge is 0.504 e. The Morgan fingerprint density at radius 2 is 1.23 bits per heavy atom. The third-order valence-electron chi connectivity index (χ3n) is 16.7. The number of aliphatic hydroxyl groups excluding tert-OH is 6. The van der Waals surface area contributed by atoms with Crippen LogP contribution in [0.15, 0.2) is 66.7 Å².